The van der Waals surface area contributed by atoms with E-state index in [1.165, 1.54) is 18.3 Å². The third kappa shape index (κ3) is 6.27. The van der Waals surface area contributed by atoms with Crippen molar-refractivity contribution in [2.45, 2.75) is 19.0 Å². The minimum Gasteiger partial charge on any atom is -0.325 e. The molecule has 18 heavy (non-hydrogen) atoms. The lowest BCUT2D eigenvalue weighted by atomic mass is 10.3. The highest BCUT2D eigenvalue weighted by molar-refractivity contribution is 8.00. The maximum Gasteiger partial charge on any atom is 0.441 e. The van der Waals surface area contributed by atoms with E-state index in [2.05, 4.69) is 10.6 Å². The molecule has 0 spiro atoms. The standard InChI is InChI=1S/C10H13F3N2OS2/c1-7(16)15-8-2-4-17-9(8)6-14-3-5-18-10(11,12)13/h2,4,14H,3,5-6H2,1H3,(H,15,16). The Morgan fingerprint density at radius 1 is 1.50 bits per heavy atom. The molecule has 0 radical (unpaired) electrons. The fourth-order valence-electron chi connectivity index (χ4n) is 1.22. The largest absolute Gasteiger partial charge is 0.441 e. The van der Waals surface area contributed by atoms with E-state index in [0.29, 0.717) is 12.2 Å². The number of hydrogen-bond acceptors (Lipinski definition) is 4. The van der Waals surface area contributed by atoms with Gasteiger partial charge < -0.3 is 10.6 Å². The summed E-state index contributed by atoms with van der Waals surface area (Å²) in [5.74, 6) is -0.188. The molecule has 1 heterocycles. The highest BCUT2D eigenvalue weighted by atomic mass is 32.2. The van der Waals surface area contributed by atoms with Gasteiger partial charge in [-0.2, -0.15) is 13.2 Å². The molecule has 0 bridgehead atoms. The van der Waals surface area contributed by atoms with Crippen LogP contribution >= 0.6 is 23.1 Å². The molecule has 1 amide bonds. The van der Waals surface area contributed by atoms with Crippen molar-refractivity contribution in [3.8, 4) is 0 Å². The topological polar surface area (TPSA) is 41.1 Å². The Balaban J connectivity index is 2.27. The monoisotopic (exact) mass is 298 g/mol. The molecular formula is C10H13F3N2OS2. The Morgan fingerprint density at radius 3 is 2.83 bits per heavy atom. The zero-order valence-corrected chi connectivity index (χ0v) is 11.3. The summed E-state index contributed by atoms with van der Waals surface area (Å²) in [6.07, 6.45) is 0. The number of rotatable bonds is 6. The van der Waals surface area contributed by atoms with Crippen LogP contribution in [0.3, 0.4) is 0 Å². The number of anilines is 1. The third-order valence-electron chi connectivity index (χ3n) is 1.89. The summed E-state index contributed by atoms with van der Waals surface area (Å²) in [7, 11) is 0. The van der Waals surface area contributed by atoms with Crippen LogP contribution in [0.1, 0.15) is 11.8 Å². The Labute approximate surface area is 111 Å². The van der Waals surface area contributed by atoms with Gasteiger partial charge in [0.05, 0.1) is 5.69 Å². The number of amides is 1. The van der Waals surface area contributed by atoms with Crippen molar-refractivity contribution >= 4 is 34.7 Å². The van der Waals surface area contributed by atoms with Crippen LogP contribution in [0.5, 0.6) is 0 Å². The normalized spacial score (nSPS) is 11.6. The van der Waals surface area contributed by atoms with Gasteiger partial charge in [0.1, 0.15) is 0 Å². The fraction of sp³-hybridized carbons (Fsp3) is 0.500. The molecule has 0 unspecified atom stereocenters. The van der Waals surface area contributed by atoms with Crippen LogP contribution in [0.4, 0.5) is 18.9 Å². The quantitative estimate of drug-likeness (QED) is 0.793. The number of thioether (sulfide) groups is 1. The molecular weight excluding hydrogens is 285 g/mol. The van der Waals surface area contributed by atoms with Gasteiger partial charge in [-0.05, 0) is 23.2 Å². The lowest BCUT2D eigenvalue weighted by Crippen LogP contribution is -2.18. The molecule has 102 valence electrons. The predicted molar refractivity (Wildman–Crippen MR) is 68.8 cm³/mol. The molecule has 0 aliphatic heterocycles. The molecule has 1 aromatic rings. The Hall–Kier alpha value is -0.730. The molecule has 0 aliphatic rings. The van der Waals surface area contributed by atoms with Crippen LogP contribution in [0.2, 0.25) is 0 Å². The van der Waals surface area contributed by atoms with Crippen molar-refractivity contribution in [2.24, 2.45) is 0 Å². The van der Waals surface area contributed by atoms with Crippen LogP contribution in [-0.2, 0) is 11.3 Å². The van der Waals surface area contributed by atoms with Gasteiger partial charge >= 0.3 is 5.51 Å². The molecule has 0 aromatic carbocycles. The first-order valence-corrected chi connectivity index (χ1v) is 7.00. The zero-order valence-electron chi connectivity index (χ0n) is 9.63. The Kier molecular flexibility index (Phi) is 5.97. The number of carbonyl (C=O) groups excluding carboxylic acids is 1. The van der Waals surface area contributed by atoms with E-state index in [0.717, 1.165) is 4.88 Å². The first kappa shape index (κ1) is 15.3. The summed E-state index contributed by atoms with van der Waals surface area (Å²) in [6.45, 7) is 2.13. The first-order chi connectivity index (χ1) is 8.38. The van der Waals surface area contributed by atoms with Crippen molar-refractivity contribution in [1.29, 1.82) is 0 Å². The van der Waals surface area contributed by atoms with Crippen LogP contribution in [0.25, 0.3) is 0 Å². The maximum absolute atomic E-state index is 11.9. The zero-order chi connectivity index (χ0) is 13.6. The molecule has 0 saturated heterocycles. The van der Waals surface area contributed by atoms with Crippen molar-refractivity contribution in [3.63, 3.8) is 0 Å². The molecule has 0 fully saturated rings. The van der Waals surface area contributed by atoms with Crippen LogP contribution in [-0.4, -0.2) is 23.7 Å². The summed E-state index contributed by atoms with van der Waals surface area (Å²) in [4.78, 5) is 11.8. The van der Waals surface area contributed by atoms with Crippen LogP contribution < -0.4 is 10.6 Å². The van der Waals surface area contributed by atoms with Gasteiger partial charge in [0.15, 0.2) is 0 Å². The van der Waals surface area contributed by atoms with Gasteiger partial charge in [-0.3, -0.25) is 4.79 Å². The molecule has 1 aromatic heterocycles. The second-order valence-electron chi connectivity index (χ2n) is 3.41. The fourth-order valence-corrected chi connectivity index (χ4v) is 2.50. The smallest absolute Gasteiger partial charge is 0.325 e. The minimum absolute atomic E-state index is 0.0235. The van der Waals surface area contributed by atoms with E-state index in [1.54, 1.807) is 6.07 Å². The number of hydrogen-bond donors (Lipinski definition) is 2. The molecule has 1 rings (SSSR count). The van der Waals surface area contributed by atoms with Gasteiger partial charge in [0.25, 0.3) is 0 Å². The van der Waals surface area contributed by atoms with Gasteiger partial charge in [-0.1, -0.05) is 0 Å². The summed E-state index contributed by atoms with van der Waals surface area (Å²) in [5.41, 5.74) is -3.46. The second kappa shape index (κ2) is 7.01. The van der Waals surface area contributed by atoms with E-state index < -0.39 is 5.51 Å². The number of carbonyl (C=O) groups is 1. The second-order valence-corrected chi connectivity index (χ2v) is 5.57. The molecule has 8 heteroatoms. The molecule has 2 N–H and O–H groups in total. The average molecular weight is 298 g/mol. The third-order valence-corrected chi connectivity index (χ3v) is 3.54. The van der Waals surface area contributed by atoms with Gasteiger partial charge in [0.2, 0.25) is 5.91 Å². The number of nitrogens with one attached hydrogen (secondary N) is 2. The molecule has 0 saturated carbocycles. The summed E-state index contributed by atoms with van der Waals surface area (Å²) in [6, 6.07) is 1.77. The van der Waals surface area contributed by atoms with E-state index in [-0.39, 0.29) is 30.0 Å². The number of thiophene rings is 1. The first-order valence-electron chi connectivity index (χ1n) is 5.14. The highest BCUT2D eigenvalue weighted by Gasteiger charge is 2.27. The lowest BCUT2D eigenvalue weighted by Gasteiger charge is -2.07. The molecule has 3 nitrogen and oxygen atoms in total. The van der Waals surface area contributed by atoms with Crippen molar-refractivity contribution in [3.05, 3.63) is 16.3 Å². The average Bonchev–Trinajstić information content (AvgIpc) is 2.62. The molecule has 0 atom stereocenters. The summed E-state index contributed by atoms with van der Waals surface area (Å²) < 4.78 is 35.6. The van der Waals surface area contributed by atoms with Crippen molar-refractivity contribution in [2.75, 3.05) is 17.6 Å². The molecule has 0 aliphatic carbocycles. The highest BCUT2D eigenvalue weighted by Crippen LogP contribution is 2.29. The summed E-state index contributed by atoms with van der Waals surface area (Å²) >= 11 is 1.41. The van der Waals surface area contributed by atoms with E-state index in [4.69, 9.17) is 0 Å². The lowest BCUT2D eigenvalue weighted by molar-refractivity contribution is -0.114. The maximum atomic E-state index is 11.9. The van der Waals surface area contributed by atoms with Crippen LogP contribution in [0.15, 0.2) is 11.4 Å². The van der Waals surface area contributed by atoms with Crippen LogP contribution in [0, 0.1) is 0 Å². The minimum atomic E-state index is -4.17. The number of halogens is 3. The predicted octanol–water partition coefficient (Wildman–Crippen LogP) is 3.05. The SMILES string of the molecule is CC(=O)Nc1ccsc1CNCCSC(F)(F)F. The van der Waals surface area contributed by atoms with Crippen molar-refractivity contribution in [1.82, 2.24) is 5.32 Å². The van der Waals surface area contributed by atoms with E-state index >= 15 is 0 Å². The number of alkyl halides is 3. The van der Waals surface area contributed by atoms with Crippen molar-refractivity contribution < 1.29 is 18.0 Å². The van der Waals surface area contributed by atoms with E-state index in [9.17, 15) is 18.0 Å². The Bertz CT molecular complexity index is 393. The van der Waals surface area contributed by atoms with E-state index in [1.807, 2.05) is 5.38 Å². The van der Waals surface area contributed by atoms with Gasteiger partial charge in [-0.25, -0.2) is 0 Å². The van der Waals surface area contributed by atoms with Gasteiger partial charge in [-0.15, -0.1) is 11.3 Å². The summed E-state index contributed by atoms with van der Waals surface area (Å²) in [5, 5.41) is 7.40. The Morgan fingerprint density at radius 2 is 2.22 bits per heavy atom. The van der Waals surface area contributed by atoms with Gasteiger partial charge in [0, 0.05) is 30.6 Å².